The molecule has 2 aromatic rings. The van der Waals surface area contributed by atoms with Crippen molar-refractivity contribution in [2.45, 2.75) is 26.3 Å². The molecule has 0 spiro atoms. The van der Waals surface area contributed by atoms with Crippen LogP contribution in [0, 0.1) is 0 Å². The molecule has 0 aliphatic carbocycles. The predicted octanol–water partition coefficient (Wildman–Crippen LogP) is 3.02. The molecule has 3 rings (SSSR count). The van der Waals surface area contributed by atoms with Crippen molar-refractivity contribution >= 4 is 29.0 Å². The highest BCUT2D eigenvalue weighted by Crippen LogP contribution is 2.28. The number of rotatable bonds is 3. The van der Waals surface area contributed by atoms with Crippen molar-refractivity contribution in [3.8, 4) is 0 Å². The Morgan fingerprint density at radius 2 is 2.17 bits per heavy atom. The van der Waals surface area contributed by atoms with Crippen LogP contribution < -0.4 is 10.8 Å². The quantitative estimate of drug-likeness (QED) is 0.591. The molecule has 3 amide bonds. The van der Waals surface area contributed by atoms with Crippen molar-refractivity contribution < 1.29 is 14.8 Å². The van der Waals surface area contributed by atoms with Gasteiger partial charge in [0.05, 0.1) is 11.4 Å². The third-order valence-corrected chi connectivity index (χ3v) is 5.24. The molecule has 0 saturated heterocycles. The van der Waals surface area contributed by atoms with Crippen LogP contribution >= 0.6 is 11.3 Å². The van der Waals surface area contributed by atoms with Crippen LogP contribution in [0.15, 0.2) is 30.3 Å². The highest BCUT2D eigenvalue weighted by Gasteiger charge is 2.24. The number of aryl methyl sites for hydroxylation is 1. The number of benzene rings is 1. The molecule has 0 bridgehead atoms. The Balaban J connectivity index is 1.69. The second kappa shape index (κ2) is 7.02. The molecule has 1 aliphatic rings. The van der Waals surface area contributed by atoms with E-state index in [9.17, 15) is 9.59 Å². The number of nitrogens with zero attached hydrogens (tertiary/aromatic N) is 1. The minimum atomic E-state index is -0.512. The van der Waals surface area contributed by atoms with Crippen molar-refractivity contribution in [1.82, 2.24) is 10.4 Å². The van der Waals surface area contributed by atoms with E-state index in [4.69, 9.17) is 5.21 Å². The summed E-state index contributed by atoms with van der Waals surface area (Å²) in [6.07, 6.45) is 1.62. The maximum absolute atomic E-state index is 12.5. The molecule has 1 aliphatic heterocycles. The van der Waals surface area contributed by atoms with Gasteiger partial charge in [-0.2, -0.15) is 0 Å². The Hall–Kier alpha value is -2.38. The Morgan fingerprint density at radius 1 is 1.33 bits per heavy atom. The lowest BCUT2D eigenvalue weighted by molar-refractivity contribution is 0.0711. The van der Waals surface area contributed by atoms with Crippen molar-refractivity contribution in [2.24, 2.45) is 0 Å². The zero-order valence-corrected chi connectivity index (χ0v) is 14.2. The average Bonchev–Trinajstić information content (AvgIpc) is 3.04. The average molecular weight is 345 g/mol. The first-order chi connectivity index (χ1) is 11.6. The molecule has 126 valence electrons. The summed E-state index contributed by atoms with van der Waals surface area (Å²) in [5.74, 6) is -0.512. The number of anilines is 1. The molecule has 1 aromatic heterocycles. The topological polar surface area (TPSA) is 81.7 Å². The smallest absolute Gasteiger partial charge is 0.319 e. The monoisotopic (exact) mass is 345 g/mol. The molecule has 0 fully saturated rings. The van der Waals surface area contributed by atoms with Gasteiger partial charge in [0.1, 0.15) is 0 Å². The number of hydrogen-bond donors (Lipinski definition) is 3. The molecule has 7 heteroatoms. The van der Waals surface area contributed by atoms with Gasteiger partial charge in [0, 0.05) is 17.1 Å². The Bertz CT molecular complexity index is 772. The summed E-state index contributed by atoms with van der Waals surface area (Å²) in [6, 6.07) is 9.45. The third-order valence-electron chi connectivity index (χ3n) is 4.08. The zero-order valence-electron chi connectivity index (χ0n) is 13.3. The van der Waals surface area contributed by atoms with Crippen LogP contribution in [0.2, 0.25) is 0 Å². The molecule has 1 aromatic carbocycles. The highest BCUT2D eigenvalue weighted by molar-refractivity contribution is 7.14. The second-order valence-electron chi connectivity index (χ2n) is 5.66. The van der Waals surface area contributed by atoms with E-state index in [-0.39, 0.29) is 6.03 Å². The standard InChI is InChI=1S/C17H19N3O3S/c1-2-11-4-3-5-13(8-11)18-17(22)20-7-6-12-9-14(16(21)19-23)24-15(12)10-20/h3-5,8-9,23H,2,6-7,10H2,1H3,(H,18,22)(H,19,21). The predicted molar refractivity (Wildman–Crippen MR) is 92.5 cm³/mol. The number of hydrogen-bond acceptors (Lipinski definition) is 4. The molecule has 6 nitrogen and oxygen atoms in total. The number of thiophene rings is 1. The summed E-state index contributed by atoms with van der Waals surface area (Å²) in [4.78, 5) is 27.2. The summed E-state index contributed by atoms with van der Waals surface area (Å²) in [5, 5.41) is 11.7. The Kier molecular flexibility index (Phi) is 4.82. The first-order valence-electron chi connectivity index (χ1n) is 7.81. The number of fused-ring (bicyclic) bond motifs is 1. The van der Waals surface area contributed by atoms with Gasteiger partial charge in [0.2, 0.25) is 0 Å². The lowest BCUT2D eigenvalue weighted by Crippen LogP contribution is -2.38. The number of hydroxylamine groups is 1. The molecule has 0 saturated carbocycles. The summed E-state index contributed by atoms with van der Waals surface area (Å²) in [7, 11) is 0. The summed E-state index contributed by atoms with van der Waals surface area (Å²) < 4.78 is 0. The van der Waals surface area contributed by atoms with Gasteiger partial charge in [0.25, 0.3) is 5.91 Å². The number of nitrogens with one attached hydrogen (secondary N) is 2. The van der Waals surface area contributed by atoms with Gasteiger partial charge in [-0.05, 0) is 42.2 Å². The lowest BCUT2D eigenvalue weighted by Gasteiger charge is -2.27. The van der Waals surface area contributed by atoms with Gasteiger partial charge < -0.3 is 10.2 Å². The lowest BCUT2D eigenvalue weighted by atomic mass is 10.1. The second-order valence-corrected chi connectivity index (χ2v) is 6.79. The fourth-order valence-corrected chi connectivity index (χ4v) is 3.85. The molecular formula is C17H19N3O3S. The maximum Gasteiger partial charge on any atom is 0.322 e. The number of amides is 3. The first-order valence-corrected chi connectivity index (χ1v) is 8.63. The first kappa shape index (κ1) is 16.5. The van der Waals surface area contributed by atoms with Crippen molar-refractivity contribution in [1.29, 1.82) is 0 Å². The SMILES string of the molecule is CCc1cccc(NC(=O)N2CCc3cc(C(=O)NO)sc3C2)c1. The number of carbonyl (C=O) groups is 2. The minimum Gasteiger partial charge on any atom is -0.319 e. The van der Waals surface area contributed by atoms with Crippen LogP contribution in [0.1, 0.15) is 32.6 Å². The fourth-order valence-electron chi connectivity index (χ4n) is 2.73. The highest BCUT2D eigenvalue weighted by atomic mass is 32.1. The van der Waals surface area contributed by atoms with Crippen molar-refractivity contribution in [3.63, 3.8) is 0 Å². The summed E-state index contributed by atoms with van der Waals surface area (Å²) in [6.45, 7) is 3.14. The van der Waals surface area contributed by atoms with E-state index in [0.717, 1.165) is 22.5 Å². The zero-order chi connectivity index (χ0) is 17.1. The normalized spacial score (nSPS) is 13.3. The van der Waals surface area contributed by atoms with Gasteiger partial charge in [0.15, 0.2) is 0 Å². The maximum atomic E-state index is 12.5. The Morgan fingerprint density at radius 3 is 2.92 bits per heavy atom. The number of carbonyl (C=O) groups excluding carboxylic acids is 2. The summed E-state index contributed by atoms with van der Waals surface area (Å²) in [5.41, 5.74) is 4.67. The largest absolute Gasteiger partial charge is 0.322 e. The molecule has 0 unspecified atom stereocenters. The van der Waals surface area contributed by atoms with Gasteiger partial charge in [-0.3, -0.25) is 10.0 Å². The molecule has 0 atom stereocenters. The van der Waals surface area contributed by atoms with Gasteiger partial charge in [-0.1, -0.05) is 19.1 Å². The fraction of sp³-hybridized carbons (Fsp3) is 0.294. The van der Waals surface area contributed by atoms with Crippen LogP contribution in [-0.4, -0.2) is 28.6 Å². The van der Waals surface area contributed by atoms with E-state index in [2.05, 4.69) is 12.2 Å². The van der Waals surface area contributed by atoms with E-state index >= 15 is 0 Å². The van der Waals surface area contributed by atoms with Crippen molar-refractivity contribution in [2.75, 3.05) is 11.9 Å². The van der Waals surface area contributed by atoms with Crippen LogP contribution in [0.5, 0.6) is 0 Å². The van der Waals surface area contributed by atoms with Gasteiger partial charge in [-0.25, -0.2) is 10.3 Å². The molecule has 3 N–H and O–H groups in total. The van der Waals surface area contributed by atoms with Gasteiger partial charge >= 0.3 is 6.03 Å². The third kappa shape index (κ3) is 3.42. The molecular weight excluding hydrogens is 326 g/mol. The van der Waals surface area contributed by atoms with Crippen LogP contribution in [0.4, 0.5) is 10.5 Å². The van der Waals surface area contributed by atoms with Crippen molar-refractivity contribution in [3.05, 3.63) is 51.2 Å². The molecule has 24 heavy (non-hydrogen) atoms. The molecule has 0 radical (unpaired) electrons. The van der Waals surface area contributed by atoms with E-state index in [1.165, 1.54) is 16.9 Å². The minimum absolute atomic E-state index is 0.143. The van der Waals surface area contributed by atoms with Crippen LogP contribution in [0.3, 0.4) is 0 Å². The summed E-state index contributed by atoms with van der Waals surface area (Å²) >= 11 is 1.31. The van der Waals surface area contributed by atoms with Crippen LogP contribution in [0.25, 0.3) is 0 Å². The van der Waals surface area contributed by atoms with Crippen LogP contribution in [-0.2, 0) is 19.4 Å². The number of urea groups is 1. The van der Waals surface area contributed by atoms with E-state index in [1.807, 2.05) is 24.3 Å². The van der Waals surface area contributed by atoms with Gasteiger partial charge in [-0.15, -0.1) is 11.3 Å². The van der Waals surface area contributed by atoms with E-state index < -0.39 is 5.91 Å². The van der Waals surface area contributed by atoms with E-state index in [0.29, 0.717) is 24.4 Å². The molecule has 2 heterocycles. The van der Waals surface area contributed by atoms with E-state index in [1.54, 1.807) is 16.4 Å². The Labute approximate surface area is 144 Å².